The number of carbonyl (C=O) groups is 1. The van der Waals surface area contributed by atoms with Crippen molar-refractivity contribution in [2.45, 2.75) is 47.6 Å². The van der Waals surface area contributed by atoms with Crippen LogP contribution in [0.15, 0.2) is 70.5 Å². The number of rotatable bonds is 7. The largest absolute Gasteiger partial charge is 0.378 e. The van der Waals surface area contributed by atoms with E-state index in [2.05, 4.69) is 10.2 Å². The molecule has 10 heteroatoms. The van der Waals surface area contributed by atoms with Gasteiger partial charge in [-0.1, -0.05) is 43.2 Å². The molecule has 3 aromatic carbocycles. The zero-order valence-corrected chi connectivity index (χ0v) is 22.1. The van der Waals surface area contributed by atoms with Crippen LogP contribution >= 0.6 is 0 Å². The summed E-state index contributed by atoms with van der Waals surface area (Å²) < 4.78 is 56.2. The van der Waals surface area contributed by atoms with Crippen LogP contribution in [-0.4, -0.2) is 60.1 Å². The fourth-order valence-electron chi connectivity index (χ4n) is 4.62. The van der Waals surface area contributed by atoms with Gasteiger partial charge >= 0.3 is 10.1 Å². The minimum absolute atomic E-state index is 0.0464. The molecule has 2 unspecified atom stereocenters. The maximum absolute atomic E-state index is 13.3. The van der Waals surface area contributed by atoms with Crippen molar-refractivity contribution in [3.8, 4) is 5.75 Å². The number of hydrogen-bond donors (Lipinski definition) is 1. The van der Waals surface area contributed by atoms with E-state index < -0.39 is 25.9 Å². The smallest absolute Gasteiger partial charge is 0.339 e. The first kappa shape index (κ1) is 26.1. The van der Waals surface area contributed by atoms with Gasteiger partial charge in [0.2, 0.25) is 0 Å². The molecular weight excluding hydrogens is 500 g/mol. The van der Waals surface area contributed by atoms with Crippen LogP contribution in [0.25, 0.3) is 10.8 Å². The van der Waals surface area contributed by atoms with Gasteiger partial charge < -0.3 is 14.4 Å². The van der Waals surface area contributed by atoms with E-state index in [-0.39, 0.29) is 33.2 Å². The number of sulfone groups is 1. The minimum atomic E-state index is -4.36. The highest BCUT2D eigenvalue weighted by atomic mass is 32.2. The van der Waals surface area contributed by atoms with Gasteiger partial charge in [0, 0.05) is 24.4 Å². The van der Waals surface area contributed by atoms with Crippen molar-refractivity contribution in [3.05, 3.63) is 66.2 Å². The third-order valence-electron chi connectivity index (χ3n) is 6.54. The van der Waals surface area contributed by atoms with E-state index in [0.29, 0.717) is 5.39 Å². The molecule has 4 rings (SSSR count). The Hall–Kier alpha value is -2.95. The number of nitrogens with one attached hydrogen (secondary N) is 1. The van der Waals surface area contributed by atoms with Gasteiger partial charge in [-0.3, -0.25) is 4.79 Å². The molecule has 0 aromatic heterocycles. The standard InChI is InChI=1S/C26H30N2O6S2/c1-28(2)24-11-7-6-10-23(24)27-26(29)22-15-14-20(35(3,30)31)17-25(22)34-36(32,33)21-13-12-18-8-4-5-9-19(18)16-21/h4-5,8-9,12-17,23-24H,6-7,10-11H2,1-3H3,(H,27,29). The molecule has 1 N–H and O–H groups in total. The fraction of sp³-hybridized carbons (Fsp3) is 0.346. The summed E-state index contributed by atoms with van der Waals surface area (Å²) in [5.74, 6) is -0.849. The van der Waals surface area contributed by atoms with Crippen LogP contribution in [0.4, 0.5) is 0 Å². The van der Waals surface area contributed by atoms with E-state index in [4.69, 9.17) is 4.18 Å². The summed E-state index contributed by atoms with van der Waals surface area (Å²) in [6.07, 6.45) is 4.78. The molecule has 8 nitrogen and oxygen atoms in total. The molecule has 1 aliphatic rings. The van der Waals surface area contributed by atoms with Gasteiger partial charge in [-0.05, 0) is 62.0 Å². The summed E-state index contributed by atoms with van der Waals surface area (Å²) in [7, 11) is -4.12. The SMILES string of the molecule is CN(C)C1CCCCC1NC(=O)c1ccc(S(C)(=O)=O)cc1OS(=O)(=O)c1ccc2ccccc2c1. The first-order valence-corrected chi connectivity index (χ1v) is 15.0. The van der Waals surface area contributed by atoms with E-state index in [1.807, 2.05) is 26.2 Å². The topological polar surface area (TPSA) is 110 Å². The van der Waals surface area contributed by atoms with Crippen LogP contribution < -0.4 is 9.50 Å². The Morgan fingerprint density at radius 1 is 0.889 bits per heavy atom. The minimum Gasteiger partial charge on any atom is -0.378 e. The van der Waals surface area contributed by atoms with Crippen LogP contribution in [0.5, 0.6) is 5.75 Å². The van der Waals surface area contributed by atoms with Gasteiger partial charge in [-0.2, -0.15) is 8.42 Å². The van der Waals surface area contributed by atoms with Gasteiger partial charge in [-0.25, -0.2) is 8.42 Å². The first-order valence-electron chi connectivity index (χ1n) is 11.7. The molecule has 0 saturated heterocycles. The molecule has 0 bridgehead atoms. The number of fused-ring (bicyclic) bond motifs is 1. The first-order chi connectivity index (χ1) is 17.0. The highest BCUT2D eigenvalue weighted by molar-refractivity contribution is 7.90. The van der Waals surface area contributed by atoms with Crippen molar-refractivity contribution in [2.24, 2.45) is 0 Å². The van der Waals surface area contributed by atoms with E-state index >= 15 is 0 Å². The van der Waals surface area contributed by atoms with Crippen molar-refractivity contribution < 1.29 is 25.8 Å². The monoisotopic (exact) mass is 530 g/mol. The summed E-state index contributed by atoms with van der Waals surface area (Å²) in [5.41, 5.74) is -0.0464. The Kier molecular flexibility index (Phi) is 7.40. The predicted molar refractivity (Wildman–Crippen MR) is 139 cm³/mol. The lowest BCUT2D eigenvalue weighted by molar-refractivity contribution is 0.0881. The van der Waals surface area contributed by atoms with E-state index in [1.54, 1.807) is 18.2 Å². The van der Waals surface area contributed by atoms with Crippen LogP contribution in [0.1, 0.15) is 36.0 Å². The molecule has 0 aliphatic heterocycles. The van der Waals surface area contributed by atoms with Crippen molar-refractivity contribution >= 4 is 36.6 Å². The Morgan fingerprint density at radius 3 is 2.25 bits per heavy atom. The lowest BCUT2D eigenvalue weighted by atomic mass is 9.89. The number of carbonyl (C=O) groups excluding carboxylic acids is 1. The van der Waals surface area contributed by atoms with Crippen molar-refractivity contribution in [1.82, 2.24) is 10.2 Å². The molecule has 1 amide bonds. The van der Waals surface area contributed by atoms with Gasteiger partial charge in [0.05, 0.1) is 10.5 Å². The summed E-state index contributed by atoms with van der Waals surface area (Å²) >= 11 is 0. The van der Waals surface area contributed by atoms with E-state index in [9.17, 15) is 21.6 Å². The quantitative estimate of drug-likeness (QED) is 0.465. The van der Waals surface area contributed by atoms with E-state index in [1.165, 1.54) is 24.3 Å². The molecule has 1 fully saturated rings. The normalized spacial score (nSPS) is 18.8. The average Bonchev–Trinajstić information content (AvgIpc) is 2.83. The number of benzene rings is 3. The molecule has 0 radical (unpaired) electrons. The summed E-state index contributed by atoms with van der Waals surface area (Å²) in [6.45, 7) is 0. The third kappa shape index (κ3) is 5.71. The van der Waals surface area contributed by atoms with Crippen molar-refractivity contribution in [3.63, 3.8) is 0 Å². The maximum Gasteiger partial charge on any atom is 0.339 e. The summed E-state index contributed by atoms with van der Waals surface area (Å²) in [4.78, 5) is 15.1. The second kappa shape index (κ2) is 10.2. The van der Waals surface area contributed by atoms with Crippen LogP contribution in [0, 0.1) is 0 Å². The fourth-order valence-corrected chi connectivity index (χ4v) is 6.24. The Bertz CT molecular complexity index is 1500. The van der Waals surface area contributed by atoms with Crippen LogP contribution in [0.2, 0.25) is 0 Å². The highest BCUT2D eigenvalue weighted by Crippen LogP contribution is 2.29. The molecule has 36 heavy (non-hydrogen) atoms. The Labute approximate surface area is 212 Å². The average molecular weight is 531 g/mol. The number of likely N-dealkylation sites (N-methyl/N-ethyl adjacent to an activating group) is 1. The van der Waals surface area contributed by atoms with Crippen molar-refractivity contribution in [1.29, 1.82) is 0 Å². The lowest BCUT2D eigenvalue weighted by Gasteiger charge is -2.36. The van der Waals surface area contributed by atoms with Gasteiger partial charge in [0.1, 0.15) is 4.90 Å². The summed E-state index contributed by atoms with van der Waals surface area (Å²) in [5, 5.41) is 4.58. The highest BCUT2D eigenvalue weighted by Gasteiger charge is 2.30. The van der Waals surface area contributed by atoms with Crippen molar-refractivity contribution in [2.75, 3.05) is 20.4 Å². The third-order valence-corrected chi connectivity index (χ3v) is 8.88. The predicted octanol–water partition coefficient (Wildman–Crippen LogP) is 3.61. The number of hydrogen-bond acceptors (Lipinski definition) is 7. The molecule has 0 spiro atoms. The second-order valence-corrected chi connectivity index (χ2v) is 12.9. The molecule has 1 saturated carbocycles. The molecular formula is C26H30N2O6S2. The molecule has 2 atom stereocenters. The van der Waals surface area contributed by atoms with Gasteiger partial charge in [0.25, 0.3) is 5.91 Å². The summed E-state index contributed by atoms with van der Waals surface area (Å²) in [6, 6.07) is 15.5. The second-order valence-electron chi connectivity index (χ2n) is 9.37. The Morgan fingerprint density at radius 2 is 1.56 bits per heavy atom. The zero-order valence-electron chi connectivity index (χ0n) is 20.5. The van der Waals surface area contributed by atoms with Crippen LogP contribution in [-0.2, 0) is 20.0 Å². The molecule has 3 aromatic rings. The zero-order chi connectivity index (χ0) is 26.1. The molecule has 0 heterocycles. The Balaban J connectivity index is 1.70. The maximum atomic E-state index is 13.3. The number of nitrogens with zero attached hydrogens (tertiary/aromatic N) is 1. The lowest BCUT2D eigenvalue weighted by Crippen LogP contribution is -2.51. The van der Waals surface area contributed by atoms with Gasteiger partial charge in [-0.15, -0.1) is 0 Å². The molecule has 1 aliphatic carbocycles. The number of amides is 1. The molecule has 192 valence electrons. The van der Waals surface area contributed by atoms with Gasteiger partial charge in [0.15, 0.2) is 15.6 Å². The van der Waals surface area contributed by atoms with Crippen LogP contribution in [0.3, 0.4) is 0 Å². The van der Waals surface area contributed by atoms with E-state index in [0.717, 1.165) is 43.4 Å².